The summed E-state index contributed by atoms with van der Waals surface area (Å²) >= 11 is 0. The van der Waals surface area contributed by atoms with Gasteiger partial charge in [-0.2, -0.15) is 0 Å². The van der Waals surface area contributed by atoms with Gasteiger partial charge in [-0.1, -0.05) is 20.8 Å². The van der Waals surface area contributed by atoms with E-state index < -0.39 is 5.60 Å². The van der Waals surface area contributed by atoms with Gasteiger partial charge in [0.05, 0.1) is 0 Å². The minimum absolute atomic E-state index is 0.0412. The van der Waals surface area contributed by atoms with Crippen LogP contribution in [0.1, 0.15) is 54.4 Å². The minimum Gasteiger partial charge on any atom is -0.444 e. The topological polar surface area (TPSA) is 50.4 Å². The van der Waals surface area contributed by atoms with Crippen LogP contribution in [0.25, 0.3) is 0 Å². The Morgan fingerprint density at radius 3 is 2.37 bits per heavy atom. The lowest BCUT2D eigenvalue weighted by Gasteiger charge is -2.34. The van der Waals surface area contributed by atoms with Crippen molar-refractivity contribution in [2.75, 3.05) is 13.1 Å². The lowest BCUT2D eigenvalue weighted by atomic mass is 9.81. The molecule has 1 aliphatic rings. The maximum absolute atomic E-state index is 11.9. The zero-order valence-electron chi connectivity index (χ0n) is 13.3. The molecular weight excluding hydrogens is 240 g/mol. The third-order valence-corrected chi connectivity index (χ3v) is 3.47. The number of nitrogens with one attached hydrogen (secondary N) is 2. The van der Waals surface area contributed by atoms with Crippen molar-refractivity contribution in [3.8, 4) is 0 Å². The summed E-state index contributed by atoms with van der Waals surface area (Å²) in [5, 5.41) is 6.43. The molecule has 0 saturated carbocycles. The molecule has 1 saturated heterocycles. The fourth-order valence-corrected chi connectivity index (χ4v) is 2.33. The van der Waals surface area contributed by atoms with Gasteiger partial charge in [0, 0.05) is 6.04 Å². The molecule has 19 heavy (non-hydrogen) atoms. The highest BCUT2D eigenvalue weighted by molar-refractivity contribution is 5.68. The molecule has 112 valence electrons. The molecule has 4 heteroatoms. The molecule has 0 spiro atoms. The van der Waals surface area contributed by atoms with Gasteiger partial charge in [-0.05, 0) is 58.0 Å². The first-order chi connectivity index (χ1) is 8.58. The zero-order chi connectivity index (χ0) is 14.7. The number of amides is 1. The van der Waals surface area contributed by atoms with Crippen LogP contribution >= 0.6 is 0 Å². The second-order valence-corrected chi connectivity index (χ2v) is 7.66. The molecule has 0 aliphatic carbocycles. The van der Waals surface area contributed by atoms with E-state index in [0.717, 1.165) is 19.5 Å². The SMILES string of the molecule is CC(C)(C)OC(=O)NC(CC1CCNC1)C(C)(C)C. The molecular formula is C15H30N2O2. The number of carbonyl (C=O) groups excluding carboxylic acids is 1. The average molecular weight is 270 g/mol. The van der Waals surface area contributed by atoms with Gasteiger partial charge in [-0.3, -0.25) is 0 Å². The monoisotopic (exact) mass is 270 g/mol. The zero-order valence-corrected chi connectivity index (χ0v) is 13.3. The van der Waals surface area contributed by atoms with E-state index >= 15 is 0 Å². The van der Waals surface area contributed by atoms with Gasteiger partial charge in [-0.15, -0.1) is 0 Å². The Kier molecular flexibility index (Phi) is 5.25. The molecule has 0 aromatic heterocycles. The van der Waals surface area contributed by atoms with Crippen LogP contribution < -0.4 is 10.6 Å². The first kappa shape index (κ1) is 16.3. The quantitative estimate of drug-likeness (QED) is 0.829. The van der Waals surface area contributed by atoms with Crippen molar-refractivity contribution in [3.05, 3.63) is 0 Å². The van der Waals surface area contributed by atoms with Crippen molar-refractivity contribution < 1.29 is 9.53 Å². The summed E-state index contributed by atoms with van der Waals surface area (Å²) in [6.45, 7) is 14.3. The maximum Gasteiger partial charge on any atom is 0.407 e. The van der Waals surface area contributed by atoms with Gasteiger partial charge >= 0.3 is 6.09 Å². The van der Waals surface area contributed by atoms with Crippen molar-refractivity contribution in [1.29, 1.82) is 0 Å². The van der Waals surface area contributed by atoms with Gasteiger partial charge in [0.25, 0.3) is 0 Å². The van der Waals surface area contributed by atoms with Crippen LogP contribution in [0.3, 0.4) is 0 Å². The Bertz CT molecular complexity index is 296. The van der Waals surface area contributed by atoms with Crippen LogP contribution in [0.4, 0.5) is 4.79 Å². The normalized spacial score (nSPS) is 22.1. The van der Waals surface area contributed by atoms with Crippen molar-refractivity contribution in [2.45, 2.75) is 66.0 Å². The summed E-state index contributed by atoms with van der Waals surface area (Å²) in [6.07, 6.45) is 1.90. The van der Waals surface area contributed by atoms with E-state index in [1.807, 2.05) is 20.8 Å². The predicted octanol–water partition coefficient (Wildman–Crippen LogP) is 2.93. The Morgan fingerprint density at radius 1 is 1.32 bits per heavy atom. The fourth-order valence-electron chi connectivity index (χ4n) is 2.33. The number of hydrogen-bond acceptors (Lipinski definition) is 3. The third-order valence-electron chi connectivity index (χ3n) is 3.47. The Balaban J connectivity index is 2.57. The first-order valence-corrected chi connectivity index (χ1v) is 7.28. The average Bonchev–Trinajstić information content (AvgIpc) is 2.64. The second-order valence-electron chi connectivity index (χ2n) is 7.66. The van der Waals surface area contributed by atoms with Gasteiger partial charge in [0.15, 0.2) is 0 Å². The smallest absolute Gasteiger partial charge is 0.407 e. The molecule has 1 rings (SSSR count). The summed E-state index contributed by atoms with van der Waals surface area (Å²) in [4.78, 5) is 11.9. The van der Waals surface area contributed by atoms with Crippen LogP contribution in [0.5, 0.6) is 0 Å². The predicted molar refractivity (Wildman–Crippen MR) is 78.2 cm³/mol. The molecule has 0 bridgehead atoms. The van der Waals surface area contributed by atoms with Crippen LogP contribution in [0, 0.1) is 11.3 Å². The molecule has 1 amide bonds. The minimum atomic E-state index is -0.443. The summed E-state index contributed by atoms with van der Waals surface area (Å²) in [7, 11) is 0. The summed E-state index contributed by atoms with van der Waals surface area (Å²) in [5.74, 6) is 0.652. The first-order valence-electron chi connectivity index (χ1n) is 7.28. The number of rotatable bonds is 3. The third kappa shape index (κ3) is 6.28. The standard InChI is InChI=1S/C15H30N2O2/c1-14(2,3)12(9-11-7-8-16-10-11)17-13(18)19-15(4,5)6/h11-12,16H,7-10H2,1-6H3,(H,17,18). The second kappa shape index (κ2) is 6.12. The van der Waals surface area contributed by atoms with E-state index in [4.69, 9.17) is 4.74 Å². The van der Waals surface area contributed by atoms with Gasteiger partial charge in [0.1, 0.15) is 5.60 Å². The van der Waals surface area contributed by atoms with E-state index in [2.05, 4.69) is 31.4 Å². The molecule has 2 N–H and O–H groups in total. The molecule has 2 unspecified atom stereocenters. The Labute approximate surface area is 117 Å². The van der Waals surface area contributed by atoms with Crippen LogP contribution in [-0.4, -0.2) is 30.8 Å². The molecule has 1 fully saturated rings. The summed E-state index contributed by atoms with van der Waals surface area (Å²) in [5.41, 5.74) is -0.402. The highest BCUT2D eigenvalue weighted by atomic mass is 16.6. The van der Waals surface area contributed by atoms with E-state index in [1.165, 1.54) is 6.42 Å². The number of alkyl carbamates (subject to hydrolysis) is 1. The lowest BCUT2D eigenvalue weighted by Crippen LogP contribution is -2.46. The van der Waals surface area contributed by atoms with Crippen LogP contribution in [0.15, 0.2) is 0 Å². The van der Waals surface area contributed by atoms with Gasteiger partial charge in [-0.25, -0.2) is 4.79 Å². The fraction of sp³-hybridized carbons (Fsp3) is 0.933. The highest BCUT2D eigenvalue weighted by Gasteiger charge is 2.31. The van der Waals surface area contributed by atoms with Crippen LogP contribution in [-0.2, 0) is 4.74 Å². The number of hydrogen-bond donors (Lipinski definition) is 2. The Morgan fingerprint density at radius 2 is 1.95 bits per heavy atom. The molecule has 1 heterocycles. The largest absolute Gasteiger partial charge is 0.444 e. The van der Waals surface area contributed by atoms with Crippen LogP contribution in [0.2, 0.25) is 0 Å². The summed E-state index contributed by atoms with van der Waals surface area (Å²) < 4.78 is 5.36. The van der Waals surface area contributed by atoms with Crippen molar-refractivity contribution in [2.24, 2.45) is 11.3 Å². The molecule has 1 aliphatic heterocycles. The molecule has 2 atom stereocenters. The lowest BCUT2D eigenvalue weighted by molar-refractivity contribution is 0.0451. The molecule has 0 aromatic carbocycles. The molecule has 0 aromatic rings. The molecule has 4 nitrogen and oxygen atoms in total. The van der Waals surface area contributed by atoms with Crippen molar-refractivity contribution in [1.82, 2.24) is 10.6 Å². The molecule has 0 radical (unpaired) electrons. The number of carbonyl (C=O) groups is 1. The van der Waals surface area contributed by atoms with Gasteiger partial charge in [0.2, 0.25) is 0 Å². The van der Waals surface area contributed by atoms with Gasteiger partial charge < -0.3 is 15.4 Å². The van der Waals surface area contributed by atoms with Crippen molar-refractivity contribution >= 4 is 6.09 Å². The van der Waals surface area contributed by atoms with E-state index in [1.54, 1.807) is 0 Å². The highest BCUT2D eigenvalue weighted by Crippen LogP contribution is 2.27. The maximum atomic E-state index is 11.9. The Hall–Kier alpha value is -0.770. The number of ether oxygens (including phenoxy) is 1. The van der Waals surface area contributed by atoms with E-state index in [-0.39, 0.29) is 17.6 Å². The van der Waals surface area contributed by atoms with Crippen molar-refractivity contribution in [3.63, 3.8) is 0 Å². The van der Waals surface area contributed by atoms with E-state index in [0.29, 0.717) is 5.92 Å². The van der Waals surface area contributed by atoms with E-state index in [9.17, 15) is 4.79 Å². The summed E-state index contributed by atoms with van der Waals surface area (Å²) in [6, 6.07) is 0.146.